The average Bonchev–Trinajstić information content (AvgIpc) is 2.78. The maximum absolute atomic E-state index is 12.5. The van der Waals surface area contributed by atoms with Crippen LogP contribution in [-0.2, 0) is 9.53 Å². The van der Waals surface area contributed by atoms with Gasteiger partial charge in [-0.2, -0.15) is 0 Å². The van der Waals surface area contributed by atoms with E-state index in [-0.39, 0.29) is 5.91 Å². The Morgan fingerprint density at radius 2 is 2.10 bits per heavy atom. The van der Waals surface area contributed by atoms with E-state index in [1.807, 2.05) is 6.92 Å². The summed E-state index contributed by atoms with van der Waals surface area (Å²) in [5.74, 6) is 0.934. The highest BCUT2D eigenvalue weighted by Crippen LogP contribution is 2.40. The normalized spacial score (nSPS) is 16.5. The highest BCUT2D eigenvalue weighted by atomic mass is 32.2. The van der Waals surface area contributed by atoms with E-state index in [9.17, 15) is 4.79 Å². The zero-order valence-corrected chi connectivity index (χ0v) is 13.5. The van der Waals surface area contributed by atoms with Crippen LogP contribution in [0.5, 0.6) is 11.5 Å². The second-order valence-electron chi connectivity index (χ2n) is 3.98. The molecule has 0 aromatic heterocycles. The molecule has 1 amide bonds. The van der Waals surface area contributed by atoms with Crippen LogP contribution in [0.4, 0.5) is 5.69 Å². The van der Waals surface area contributed by atoms with Gasteiger partial charge in [0.25, 0.3) is 5.91 Å². The molecule has 1 heterocycles. The molecule has 1 aromatic carbocycles. The van der Waals surface area contributed by atoms with E-state index in [0.717, 1.165) is 0 Å². The average molecular weight is 325 g/mol. The Hall–Kier alpha value is -1.73. The molecule has 7 heteroatoms. The minimum Gasteiger partial charge on any atom is -0.500 e. The largest absolute Gasteiger partial charge is 0.500 e. The number of benzene rings is 1. The van der Waals surface area contributed by atoms with E-state index < -0.39 is 0 Å². The summed E-state index contributed by atoms with van der Waals surface area (Å²) in [4.78, 5) is 14.3. The lowest BCUT2D eigenvalue weighted by Crippen LogP contribution is -2.28. The molecule has 0 unspecified atom stereocenters. The van der Waals surface area contributed by atoms with Crippen molar-refractivity contribution in [2.45, 2.75) is 6.92 Å². The third-order valence-corrected chi connectivity index (χ3v) is 4.06. The number of ether oxygens (including phenoxy) is 3. The number of thioether (sulfide) groups is 1. The molecule has 5 nitrogen and oxygen atoms in total. The van der Waals surface area contributed by atoms with Gasteiger partial charge in [-0.05, 0) is 19.1 Å². The van der Waals surface area contributed by atoms with Crippen LogP contribution in [-0.4, -0.2) is 31.1 Å². The fourth-order valence-electron chi connectivity index (χ4n) is 1.79. The molecule has 0 N–H and O–H groups in total. The van der Waals surface area contributed by atoms with Crippen molar-refractivity contribution in [1.82, 2.24) is 0 Å². The van der Waals surface area contributed by atoms with Crippen LogP contribution < -0.4 is 14.4 Å². The summed E-state index contributed by atoms with van der Waals surface area (Å²) in [6, 6.07) is 5.21. The lowest BCUT2D eigenvalue weighted by Gasteiger charge is -2.18. The Labute approximate surface area is 132 Å². The molecule has 0 spiro atoms. The number of hydrogen-bond acceptors (Lipinski definition) is 6. The van der Waals surface area contributed by atoms with Crippen molar-refractivity contribution < 1.29 is 19.0 Å². The van der Waals surface area contributed by atoms with Crippen LogP contribution in [0.25, 0.3) is 0 Å². The van der Waals surface area contributed by atoms with Gasteiger partial charge in [-0.15, -0.1) is 0 Å². The molecule has 1 fully saturated rings. The Balaban J connectivity index is 2.41. The molecule has 0 radical (unpaired) electrons. The van der Waals surface area contributed by atoms with E-state index in [4.69, 9.17) is 26.4 Å². The maximum atomic E-state index is 12.5. The van der Waals surface area contributed by atoms with Crippen LogP contribution in [0, 0.1) is 0 Å². The Morgan fingerprint density at radius 1 is 1.33 bits per heavy atom. The Bertz CT molecular complexity index is 601. The standard InChI is InChI=1S/C14H15NO4S2/c1-4-19-8-12-13(16)15(14(20)21-12)10-7-9(17-2)5-6-11(10)18-3/h5-8H,4H2,1-3H3/b12-8+. The zero-order chi connectivity index (χ0) is 15.4. The fraction of sp³-hybridized carbons (Fsp3) is 0.286. The number of nitrogens with zero attached hydrogens (tertiary/aromatic N) is 1. The number of hydrogen-bond donors (Lipinski definition) is 0. The molecule has 0 saturated carbocycles. The van der Waals surface area contributed by atoms with Crippen molar-refractivity contribution in [3.05, 3.63) is 29.4 Å². The zero-order valence-electron chi connectivity index (χ0n) is 11.9. The quantitative estimate of drug-likeness (QED) is 0.471. The third-order valence-electron chi connectivity index (χ3n) is 2.78. The lowest BCUT2D eigenvalue weighted by molar-refractivity contribution is -0.113. The van der Waals surface area contributed by atoms with Gasteiger partial charge in [0, 0.05) is 6.07 Å². The van der Waals surface area contributed by atoms with Crippen LogP contribution in [0.2, 0.25) is 0 Å². The second-order valence-corrected chi connectivity index (χ2v) is 5.66. The van der Waals surface area contributed by atoms with Crippen LogP contribution in [0.1, 0.15) is 6.92 Å². The van der Waals surface area contributed by atoms with Gasteiger partial charge in [-0.1, -0.05) is 24.0 Å². The van der Waals surface area contributed by atoms with Crippen molar-refractivity contribution in [3.8, 4) is 11.5 Å². The van der Waals surface area contributed by atoms with E-state index >= 15 is 0 Å². The molecule has 1 aromatic rings. The summed E-state index contributed by atoms with van der Waals surface area (Å²) in [6.45, 7) is 2.34. The third kappa shape index (κ3) is 3.14. The molecule has 0 atom stereocenters. The molecule has 0 bridgehead atoms. The first-order valence-corrected chi connectivity index (χ1v) is 7.44. The van der Waals surface area contributed by atoms with Crippen LogP contribution in [0.3, 0.4) is 0 Å². The van der Waals surface area contributed by atoms with Gasteiger partial charge in [0.05, 0.1) is 26.5 Å². The number of thiocarbonyl (C=S) groups is 1. The first kappa shape index (κ1) is 15.7. The van der Waals surface area contributed by atoms with Crippen LogP contribution in [0.15, 0.2) is 29.4 Å². The monoisotopic (exact) mass is 325 g/mol. The SMILES string of the molecule is CCO/C=C1/SC(=S)N(c2cc(OC)ccc2OC)C1=O. The van der Waals surface area contributed by atoms with Crippen molar-refractivity contribution in [1.29, 1.82) is 0 Å². The van der Waals surface area contributed by atoms with Gasteiger partial charge in [0.2, 0.25) is 0 Å². The summed E-state index contributed by atoms with van der Waals surface area (Å²) in [6.07, 6.45) is 1.44. The summed E-state index contributed by atoms with van der Waals surface area (Å²) in [7, 11) is 3.10. The number of methoxy groups -OCH3 is 2. The van der Waals surface area contributed by atoms with Crippen LogP contribution >= 0.6 is 24.0 Å². The number of carbonyl (C=O) groups excluding carboxylic acids is 1. The topological polar surface area (TPSA) is 48.0 Å². The molecular formula is C14H15NO4S2. The van der Waals surface area contributed by atoms with Gasteiger partial charge in [-0.25, -0.2) is 0 Å². The van der Waals surface area contributed by atoms with E-state index in [0.29, 0.717) is 33.0 Å². The molecule has 21 heavy (non-hydrogen) atoms. The highest BCUT2D eigenvalue weighted by molar-refractivity contribution is 8.27. The van der Waals surface area contributed by atoms with Gasteiger partial charge < -0.3 is 14.2 Å². The molecule has 1 saturated heterocycles. The molecule has 112 valence electrons. The van der Waals surface area contributed by atoms with Crippen molar-refractivity contribution in [2.75, 3.05) is 25.7 Å². The smallest absolute Gasteiger partial charge is 0.274 e. The van der Waals surface area contributed by atoms with Crippen molar-refractivity contribution in [2.24, 2.45) is 0 Å². The van der Waals surface area contributed by atoms with Gasteiger partial charge in [0.15, 0.2) is 4.32 Å². The molecule has 0 aliphatic carbocycles. The second kappa shape index (κ2) is 6.82. The molecule has 1 aliphatic heterocycles. The Kier molecular flexibility index (Phi) is 5.08. The summed E-state index contributed by atoms with van der Waals surface area (Å²) >= 11 is 6.49. The predicted molar refractivity (Wildman–Crippen MR) is 86.9 cm³/mol. The maximum Gasteiger partial charge on any atom is 0.274 e. The van der Waals surface area contributed by atoms with E-state index in [1.165, 1.54) is 22.9 Å². The van der Waals surface area contributed by atoms with Crippen molar-refractivity contribution >= 4 is 39.9 Å². The van der Waals surface area contributed by atoms with Gasteiger partial charge in [0.1, 0.15) is 22.7 Å². The minimum absolute atomic E-state index is 0.231. The number of rotatable bonds is 5. The first-order valence-electron chi connectivity index (χ1n) is 6.22. The highest BCUT2D eigenvalue weighted by Gasteiger charge is 2.35. The number of anilines is 1. The summed E-state index contributed by atoms with van der Waals surface area (Å²) in [5.41, 5.74) is 0.555. The Morgan fingerprint density at radius 3 is 2.71 bits per heavy atom. The number of amides is 1. The van der Waals surface area contributed by atoms with E-state index in [1.54, 1.807) is 32.4 Å². The first-order chi connectivity index (χ1) is 10.1. The molecule has 1 aliphatic rings. The summed E-state index contributed by atoms with van der Waals surface area (Å²) < 4.78 is 16.1. The van der Waals surface area contributed by atoms with E-state index in [2.05, 4.69) is 0 Å². The summed E-state index contributed by atoms with van der Waals surface area (Å²) in [5, 5.41) is 0. The minimum atomic E-state index is -0.231. The van der Waals surface area contributed by atoms with Gasteiger partial charge >= 0.3 is 0 Å². The number of carbonyl (C=O) groups is 1. The molecular weight excluding hydrogens is 310 g/mol. The van der Waals surface area contributed by atoms with Crippen molar-refractivity contribution in [3.63, 3.8) is 0 Å². The predicted octanol–water partition coefficient (Wildman–Crippen LogP) is 2.95. The van der Waals surface area contributed by atoms with Gasteiger partial charge in [-0.3, -0.25) is 9.69 Å². The molecule has 2 rings (SSSR count). The lowest BCUT2D eigenvalue weighted by atomic mass is 10.2. The fourth-order valence-corrected chi connectivity index (χ4v) is 3.00.